The van der Waals surface area contributed by atoms with Crippen LogP contribution in [0.1, 0.15) is 18.9 Å². The van der Waals surface area contributed by atoms with Gasteiger partial charge in [-0.1, -0.05) is 12.1 Å². The fourth-order valence-corrected chi connectivity index (χ4v) is 1.45. The molecule has 7 heteroatoms. The molecule has 0 aromatic heterocycles. The molecule has 2 N–H and O–H groups in total. The number of hydrogen-bond donors (Lipinski definition) is 1. The first kappa shape index (κ1) is 16.3. The molecule has 1 aromatic rings. The summed E-state index contributed by atoms with van der Waals surface area (Å²) in [6.07, 6.45) is -0.0370. The van der Waals surface area contributed by atoms with Crippen LogP contribution in [0.2, 0.25) is 0 Å². The number of non-ortho nitro benzene ring substituents is 1. The molecular weight excluding hydrogens is 260 g/mol. The zero-order valence-electron chi connectivity index (χ0n) is 10.1. The smallest absolute Gasteiger partial charge is 0.307 e. The fraction of sp³-hybridized carbons (Fsp3) is 0.364. The van der Waals surface area contributed by atoms with E-state index in [0.29, 0.717) is 5.56 Å². The van der Waals surface area contributed by atoms with Crippen molar-refractivity contribution in [3.05, 3.63) is 39.9 Å². The maximum atomic E-state index is 11.2. The summed E-state index contributed by atoms with van der Waals surface area (Å²) in [5.41, 5.74) is 5.45. The number of nitrogens with two attached hydrogens (primary N) is 1. The third-order valence-electron chi connectivity index (χ3n) is 2.46. The maximum Gasteiger partial charge on any atom is 0.307 e. The van der Waals surface area contributed by atoms with Gasteiger partial charge in [0.15, 0.2) is 0 Å². The predicted molar refractivity (Wildman–Crippen MR) is 68.5 cm³/mol. The molecule has 0 saturated carbocycles. The second-order valence-electron chi connectivity index (χ2n) is 3.98. The standard InChI is InChI=1S/C11H14N2O4.ClH/c1-11(12,7-10(14)17-2)8-4-3-5-9(6-8)13(15)16;/h3-6H,7,12H2,1-2H3;1H/t11-;/m0./s1. The average molecular weight is 275 g/mol. The summed E-state index contributed by atoms with van der Waals surface area (Å²) >= 11 is 0. The molecule has 0 heterocycles. The Balaban J connectivity index is 0.00000289. The summed E-state index contributed by atoms with van der Waals surface area (Å²) in [5.74, 6) is -0.457. The number of rotatable bonds is 4. The normalized spacial score (nSPS) is 13.1. The van der Waals surface area contributed by atoms with Crippen molar-refractivity contribution < 1.29 is 14.5 Å². The Morgan fingerprint density at radius 2 is 2.17 bits per heavy atom. The lowest BCUT2D eigenvalue weighted by Crippen LogP contribution is -2.36. The van der Waals surface area contributed by atoms with Gasteiger partial charge in [-0.15, -0.1) is 12.4 Å². The van der Waals surface area contributed by atoms with Gasteiger partial charge < -0.3 is 10.5 Å². The van der Waals surface area contributed by atoms with Gasteiger partial charge in [-0.25, -0.2) is 0 Å². The Hall–Kier alpha value is -1.66. The van der Waals surface area contributed by atoms with Crippen molar-refractivity contribution in [2.45, 2.75) is 18.9 Å². The number of nitro groups is 1. The molecule has 100 valence electrons. The number of carbonyl (C=O) groups is 1. The lowest BCUT2D eigenvalue weighted by molar-refractivity contribution is -0.385. The van der Waals surface area contributed by atoms with Gasteiger partial charge in [-0.3, -0.25) is 14.9 Å². The largest absolute Gasteiger partial charge is 0.469 e. The molecule has 1 rings (SSSR count). The van der Waals surface area contributed by atoms with E-state index in [9.17, 15) is 14.9 Å². The molecule has 0 amide bonds. The van der Waals surface area contributed by atoms with E-state index in [4.69, 9.17) is 5.73 Å². The lowest BCUT2D eigenvalue weighted by atomic mass is 9.89. The average Bonchev–Trinajstić information content (AvgIpc) is 2.28. The van der Waals surface area contributed by atoms with Crippen molar-refractivity contribution in [1.82, 2.24) is 0 Å². The second-order valence-corrected chi connectivity index (χ2v) is 3.98. The van der Waals surface area contributed by atoms with E-state index in [1.807, 2.05) is 0 Å². The number of benzene rings is 1. The highest BCUT2D eigenvalue weighted by Gasteiger charge is 2.26. The lowest BCUT2D eigenvalue weighted by Gasteiger charge is -2.23. The molecule has 1 aromatic carbocycles. The van der Waals surface area contributed by atoms with Crippen molar-refractivity contribution in [1.29, 1.82) is 0 Å². The summed E-state index contributed by atoms with van der Waals surface area (Å²) in [7, 11) is 1.27. The molecule has 0 bridgehead atoms. The van der Waals surface area contributed by atoms with Gasteiger partial charge in [0.2, 0.25) is 0 Å². The zero-order chi connectivity index (χ0) is 13.1. The number of esters is 1. The molecule has 0 fully saturated rings. The van der Waals surface area contributed by atoms with E-state index in [-0.39, 0.29) is 24.5 Å². The van der Waals surface area contributed by atoms with Gasteiger partial charge in [0.25, 0.3) is 5.69 Å². The molecule has 0 aliphatic carbocycles. The summed E-state index contributed by atoms with van der Waals surface area (Å²) in [6.45, 7) is 1.63. The monoisotopic (exact) mass is 274 g/mol. The Morgan fingerprint density at radius 3 is 2.67 bits per heavy atom. The summed E-state index contributed by atoms with van der Waals surface area (Å²) in [5, 5.41) is 10.6. The van der Waals surface area contributed by atoms with Crippen molar-refractivity contribution in [2.75, 3.05) is 7.11 Å². The minimum absolute atomic E-state index is 0. The highest BCUT2D eigenvalue weighted by atomic mass is 35.5. The van der Waals surface area contributed by atoms with Crippen LogP contribution in [-0.4, -0.2) is 18.0 Å². The van der Waals surface area contributed by atoms with Gasteiger partial charge in [0.05, 0.1) is 18.5 Å². The van der Waals surface area contributed by atoms with Crippen LogP contribution in [0.5, 0.6) is 0 Å². The second kappa shape index (κ2) is 6.32. The third kappa shape index (κ3) is 3.97. The van der Waals surface area contributed by atoms with Gasteiger partial charge >= 0.3 is 5.97 Å². The van der Waals surface area contributed by atoms with Crippen molar-refractivity contribution in [3.63, 3.8) is 0 Å². The minimum Gasteiger partial charge on any atom is -0.469 e. The maximum absolute atomic E-state index is 11.2. The number of hydrogen-bond acceptors (Lipinski definition) is 5. The van der Waals surface area contributed by atoms with Gasteiger partial charge in [-0.2, -0.15) is 0 Å². The fourth-order valence-electron chi connectivity index (χ4n) is 1.45. The van der Waals surface area contributed by atoms with Crippen LogP contribution in [0.15, 0.2) is 24.3 Å². The van der Waals surface area contributed by atoms with Crippen molar-refractivity contribution in [2.24, 2.45) is 5.73 Å². The van der Waals surface area contributed by atoms with Crippen molar-refractivity contribution in [3.8, 4) is 0 Å². The molecule has 0 radical (unpaired) electrons. The van der Waals surface area contributed by atoms with Crippen LogP contribution >= 0.6 is 12.4 Å². The molecule has 1 atom stereocenters. The van der Waals surface area contributed by atoms with E-state index in [2.05, 4.69) is 4.74 Å². The molecule has 0 spiro atoms. The van der Waals surface area contributed by atoms with Gasteiger partial charge in [0.1, 0.15) is 0 Å². The highest BCUT2D eigenvalue weighted by molar-refractivity contribution is 5.85. The molecule has 18 heavy (non-hydrogen) atoms. The molecule has 6 nitrogen and oxygen atoms in total. The quantitative estimate of drug-likeness (QED) is 0.513. The van der Waals surface area contributed by atoms with Crippen LogP contribution in [-0.2, 0) is 15.1 Å². The van der Waals surface area contributed by atoms with E-state index >= 15 is 0 Å². The highest BCUT2D eigenvalue weighted by Crippen LogP contribution is 2.25. The minimum atomic E-state index is -0.987. The Labute approximate surface area is 111 Å². The first-order valence-corrected chi connectivity index (χ1v) is 4.97. The van der Waals surface area contributed by atoms with Gasteiger partial charge in [-0.05, 0) is 12.5 Å². The summed E-state index contributed by atoms with van der Waals surface area (Å²) in [4.78, 5) is 21.3. The number of halogens is 1. The SMILES string of the molecule is COC(=O)C[C@](C)(N)c1cccc([N+](=O)[O-])c1.Cl. The molecule has 0 saturated heterocycles. The first-order chi connectivity index (χ1) is 7.86. The zero-order valence-corrected chi connectivity index (χ0v) is 10.9. The Kier molecular flexibility index (Phi) is 5.74. The van der Waals surface area contributed by atoms with E-state index in [0.717, 1.165) is 0 Å². The number of nitrogens with zero attached hydrogens (tertiary/aromatic N) is 1. The number of ether oxygens (including phenoxy) is 1. The van der Waals surface area contributed by atoms with E-state index < -0.39 is 16.4 Å². The van der Waals surface area contributed by atoms with E-state index in [1.165, 1.54) is 25.3 Å². The van der Waals surface area contributed by atoms with Crippen LogP contribution in [0, 0.1) is 10.1 Å². The molecular formula is C11H15ClN2O4. The van der Waals surface area contributed by atoms with Crippen molar-refractivity contribution >= 4 is 24.1 Å². The Morgan fingerprint density at radius 1 is 1.56 bits per heavy atom. The number of carbonyl (C=O) groups excluding carboxylic acids is 1. The van der Waals surface area contributed by atoms with Crippen LogP contribution in [0.25, 0.3) is 0 Å². The first-order valence-electron chi connectivity index (χ1n) is 4.97. The Bertz CT molecular complexity index is 448. The van der Waals surface area contributed by atoms with Crippen LogP contribution < -0.4 is 5.73 Å². The van der Waals surface area contributed by atoms with E-state index in [1.54, 1.807) is 13.0 Å². The predicted octanol–water partition coefficient (Wildman–Crippen LogP) is 1.75. The van der Waals surface area contributed by atoms with Crippen LogP contribution in [0.3, 0.4) is 0 Å². The molecule has 0 aliphatic heterocycles. The van der Waals surface area contributed by atoms with Gasteiger partial charge in [0, 0.05) is 17.7 Å². The van der Waals surface area contributed by atoms with Crippen LogP contribution in [0.4, 0.5) is 5.69 Å². The summed E-state index contributed by atoms with van der Waals surface area (Å²) in [6, 6.07) is 5.92. The summed E-state index contributed by atoms with van der Waals surface area (Å²) < 4.78 is 4.53. The topological polar surface area (TPSA) is 95.5 Å². The number of methoxy groups -OCH3 is 1. The number of nitro benzene ring substituents is 1. The third-order valence-corrected chi connectivity index (χ3v) is 2.46. The molecule has 0 unspecified atom stereocenters. The molecule has 0 aliphatic rings.